The highest BCUT2D eigenvalue weighted by molar-refractivity contribution is 5.83. The lowest BCUT2D eigenvalue weighted by molar-refractivity contribution is 0.422. The lowest BCUT2D eigenvalue weighted by Crippen LogP contribution is -2.14. The predicted octanol–water partition coefficient (Wildman–Crippen LogP) is 3.66. The summed E-state index contributed by atoms with van der Waals surface area (Å²) in [7, 11) is 0. The fourth-order valence-corrected chi connectivity index (χ4v) is 2.56. The van der Waals surface area contributed by atoms with E-state index in [1.807, 2.05) is 19.1 Å². The topological polar surface area (TPSA) is 43.6 Å². The second-order valence-electron chi connectivity index (χ2n) is 5.21. The summed E-state index contributed by atoms with van der Waals surface area (Å²) >= 11 is 0. The molecule has 5 heteroatoms. The molecule has 0 fully saturated rings. The van der Waals surface area contributed by atoms with Crippen LogP contribution >= 0.6 is 0 Å². The van der Waals surface area contributed by atoms with E-state index in [2.05, 4.69) is 28.4 Å². The quantitative estimate of drug-likeness (QED) is 0.734. The Kier molecular flexibility index (Phi) is 3.64. The van der Waals surface area contributed by atoms with Crippen molar-refractivity contribution in [1.29, 1.82) is 0 Å². The number of fused-ring (bicyclic) bond motifs is 1. The minimum absolute atomic E-state index is 0.0608. The van der Waals surface area contributed by atoms with Gasteiger partial charge >= 0.3 is 0 Å². The minimum Gasteiger partial charge on any atom is -0.207 e. The van der Waals surface area contributed by atoms with Crippen molar-refractivity contribution in [2.24, 2.45) is 0 Å². The van der Waals surface area contributed by atoms with Crippen LogP contribution in [0.5, 0.6) is 0 Å². The molecule has 3 rings (SSSR count). The number of aromatic nitrogens is 4. The van der Waals surface area contributed by atoms with Crippen molar-refractivity contribution in [3.63, 3.8) is 0 Å². The van der Waals surface area contributed by atoms with Gasteiger partial charge in [0.1, 0.15) is 5.82 Å². The van der Waals surface area contributed by atoms with Gasteiger partial charge in [-0.1, -0.05) is 31.5 Å². The maximum atomic E-state index is 13.3. The first-order valence-electron chi connectivity index (χ1n) is 7.12. The van der Waals surface area contributed by atoms with Gasteiger partial charge < -0.3 is 0 Å². The number of benzene rings is 2. The minimum atomic E-state index is -0.214. The van der Waals surface area contributed by atoms with Crippen LogP contribution in [0.25, 0.3) is 10.8 Å². The molecule has 0 aliphatic heterocycles. The van der Waals surface area contributed by atoms with Crippen molar-refractivity contribution in [2.45, 2.75) is 32.7 Å². The molecule has 1 heterocycles. The summed E-state index contributed by atoms with van der Waals surface area (Å²) in [5.74, 6) is 0.452. The third-order valence-corrected chi connectivity index (χ3v) is 3.58. The van der Waals surface area contributed by atoms with Crippen molar-refractivity contribution >= 4 is 10.8 Å². The summed E-state index contributed by atoms with van der Waals surface area (Å²) in [5, 5.41) is 14.3. The van der Waals surface area contributed by atoms with Gasteiger partial charge in [0.05, 0.1) is 6.04 Å². The van der Waals surface area contributed by atoms with E-state index in [-0.39, 0.29) is 11.9 Å². The maximum absolute atomic E-state index is 13.3. The summed E-state index contributed by atoms with van der Waals surface area (Å²) in [5.41, 5.74) is 1.12. The Bertz CT molecular complexity index is 766. The van der Waals surface area contributed by atoms with Gasteiger partial charge in [-0.25, -0.2) is 4.39 Å². The highest BCUT2D eigenvalue weighted by atomic mass is 19.1. The first kappa shape index (κ1) is 13.7. The van der Waals surface area contributed by atoms with E-state index in [4.69, 9.17) is 0 Å². The molecule has 0 amide bonds. The molecule has 0 saturated heterocycles. The van der Waals surface area contributed by atoms with E-state index in [0.29, 0.717) is 5.82 Å². The first-order valence-corrected chi connectivity index (χ1v) is 7.12. The van der Waals surface area contributed by atoms with Crippen LogP contribution in [0.3, 0.4) is 0 Å². The number of halogens is 1. The van der Waals surface area contributed by atoms with Gasteiger partial charge in [0, 0.05) is 0 Å². The Labute approximate surface area is 122 Å². The molecular weight excluding hydrogens is 267 g/mol. The number of nitrogens with zero attached hydrogens (tertiary/aromatic N) is 4. The third-order valence-electron chi connectivity index (χ3n) is 3.58. The Hall–Kier alpha value is -2.30. The predicted molar refractivity (Wildman–Crippen MR) is 79.5 cm³/mol. The average molecular weight is 284 g/mol. The number of hydrogen-bond acceptors (Lipinski definition) is 3. The van der Waals surface area contributed by atoms with Crippen molar-refractivity contribution in [2.75, 3.05) is 0 Å². The Morgan fingerprint density at radius 3 is 2.62 bits per heavy atom. The number of aryl methyl sites for hydroxylation is 1. The lowest BCUT2D eigenvalue weighted by atomic mass is 9.99. The van der Waals surface area contributed by atoms with Crippen molar-refractivity contribution in [1.82, 2.24) is 20.2 Å². The van der Waals surface area contributed by atoms with E-state index in [0.717, 1.165) is 29.2 Å². The fraction of sp³-hybridized carbons (Fsp3) is 0.312. The SMILES string of the molecule is CCC[C@@H](c1ccc2cc(F)ccc2c1)n1nnc(C)n1. The van der Waals surface area contributed by atoms with Crippen LogP contribution in [0, 0.1) is 12.7 Å². The molecule has 0 radical (unpaired) electrons. The molecule has 3 aromatic rings. The number of rotatable bonds is 4. The van der Waals surface area contributed by atoms with E-state index >= 15 is 0 Å². The summed E-state index contributed by atoms with van der Waals surface area (Å²) < 4.78 is 13.3. The molecule has 0 aliphatic carbocycles. The zero-order chi connectivity index (χ0) is 14.8. The van der Waals surface area contributed by atoms with Crippen LogP contribution < -0.4 is 0 Å². The van der Waals surface area contributed by atoms with Crippen LogP contribution in [0.15, 0.2) is 36.4 Å². The Balaban J connectivity index is 2.04. The van der Waals surface area contributed by atoms with Crippen molar-refractivity contribution < 1.29 is 4.39 Å². The molecule has 0 saturated carbocycles. The van der Waals surface area contributed by atoms with Gasteiger partial charge in [-0.15, -0.1) is 10.2 Å². The highest BCUT2D eigenvalue weighted by Crippen LogP contribution is 2.26. The molecule has 0 bridgehead atoms. The van der Waals surface area contributed by atoms with Crippen LogP contribution in [0.2, 0.25) is 0 Å². The van der Waals surface area contributed by atoms with Crippen LogP contribution in [0.4, 0.5) is 4.39 Å². The number of hydrogen-bond donors (Lipinski definition) is 0. The van der Waals surface area contributed by atoms with Crippen molar-refractivity contribution in [3.05, 3.63) is 53.6 Å². The molecule has 1 aromatic heterocycles. The summed E-state index contributed by atoms with van der Waals surface area (Å²) in [6.45, 7) is 3.96. The summed E-state index contributed by atoms with van der Waals surface area (Å²) in [6.07, 6.45) is 1.95. The second kappa shape index (κ2) is 5.60. The Morgan fingerprint density at radius 1 is 1.14 bits per heavy atom. The fourth-order valence-electron chi connectivity index (χ4n) is 2.56. The normalized spacial score (nSPS) is 12.7. The molecule has 108 valence electrons. The van der Waals surface area contributed by atoms with E-state index in [9.17, 15) is 4.39 Å². The van der Waals surface area contributed by atoms with Crippen LogP contribution in [-0.2, 0) is 0 Å². The average Bonchev–Trinajstić information content (AvgIpc) is 2.90. The molecule has 0 N–H and O–H groups in total. The van der Waals surface area contributed by atoms with E-state index in [1.54, 1.807) is 16.9 Å². The molecule has 2 aromatic carbocycles. The lowest BCUT2D eigenvalue weighted by Gasteiger charge is -2.15. The zero-order valence-electron chi connectivity index (χ0n) is 12.1. The van der Waals surface area contributed by atoms with Crippen LogP contribution in [-0.4, -0.2) is 20.2 Å². The van der Waals surface area contributed by atoms with Gasteiger partial charge in [0.25, 0.3) is 0 Å². The van der Waals surface area contributed by atoms with Gasteiger partial charge in [-0.3, -0.25) is 0 Å². The monoisotopic (exact) mass is 284 g/mol. The third kappa shape index (κ3) is 2.77. The molecule has 1 atom stereocenters. The van der Waals surface area contributed by atoms with Gasteiger partial charge in [0.15, 0.2) is 5.82 Å². The maximum Gasteiger partial charge on any atom is 0.171 e. The number of tetrazole rings is 1. The highest BCUT2D eigenvalue weighted by Gasteiger charge is 2.16. The summed E-state index contributed by atoms with van der Waals surface area (Å²) in [4.78, 5) is 1.67. The molecular formula is C16H17FN4. The second-order valence-corrected chi connectivity index (χ2v) is 5.21. The molecule has 0 aliphatic rings. The standard InChI is InChI=1S/C16H17FN4/c1-3-4-16(21-19-11(2)18-20-21)14-6-5-13-10-15(17)8-7-12(13)9-14/h5-10,16H,3-4H2,1-2H3/t16-/m0/s1. The summed E-state index contributed by atoms with van der Waals surface area (Å²) in [6, 6.07) is 10.9. The largest absolute Gasteiger partial charge is 0.207 e. The molecule has 0 unspecified atom stereocenters. The molecule has 4 nitrogen and oxygen atoms in total. The van der Waals surface area contributed by atoms with Gasteiger partial charge in [-0.2, -0.15) is 4.80 Å². The molecule has 0 spiro atoms. The molecule has 21 heavy (non-hydrogen) atoms. The van der Waals surface area contributed by atoms with E-state index < -0.39 is 0 Å². The van der Waals surface area contributed by atoms with Gasteiger partial charge in [-0.05, 0) is 53.1 Å². The van der Waals surface area contributed by atoms with Gasteiger partial charge in [0.2, 0.25) is 0 Å². The first-order chi connectivity index (χ1) is 10.2. The van der Waals surface area contributed by atoms with Crippen molar-refractivity contribution in [3.8, 4) is 0 Å². The van der Waals surface area contributed by atoms with E-state index in [1.165, 1.54) is 6.07 Å². The van der Waals surface area contributed by atoms with Crippen LogP contribution in [0.1, 0.15) is 37.2 Å². The smallest absolute Gasteiger partial charge is 0.171 e. The zero-order valence-corrected chi connectivity index (χ0v) is 12.1. The Morgan fingerprint density at radius 2 is 1.90 bits per heavy atom.